The molecule has 14 heteroatoms. The van der Waals surface area contributed by atoms with Crippen LogP contribution in [-0.4, -0.2) is 97.4 Å². The second-order valence-corrected chi connectivity index (χ2v) is 14.2. The van der Waals surface area contributed by atoms with Gasteiger partial charge in [-0.05, 0) is 54.8 Å². The number of amides is 1. The second kappa shape index (κ2) is 12.5. The number of sulfonamides is 1. The molecule has 0 bridgehead atoms. The number of fused-ring (bicyclic) bond motifs is 1. The molecule has 0 spiro atoms. The first kappa shape index (κ1) is 29.5. The maximum atomic E-state index is 13.3. The minimum atomic E-state index is -3.77. The minimum absolute atomic E-state index is 0.104. The zero-order chi connectivity index (χ0) is 29.1. The van der Waals surface area contributed by atoms with Crippen LogP contribution in [0.25, 0.3) is 10.1 Å². The lowest BCUT2D eigenvalue weighted by Gasteiger charge is -2.38. The molecule has 1 amide bonds. The van der Waals surface area contributed by atoms with Crippen molar-refractivity contribution in [3.63, 3.8) is 0 Å². The van der Waals surface area contributed by atoms with Crippen molar-refractivity contribution in [3.05, 3.63) is 41.6 Å². The SMILES string of the molecule is CN(CCCC(=O)O)c1nccc(N2CCC(CN3CCN(S(=O)(=O)c4cc5ccc(Cl)cc5s4)CC3=O)CC2)n1. The van der Waals surface area contributed by atoms with Gasteiger partial charge in [0.2, 0.25) is 11.9 Å². The number of piperidine rings is 1. The van der Waals surface area contributed by atoms with E-state index in [1.165, 1.54) is 15.6 Å². The molecule has 2 aromatic heterocycles. The van der Waals surface area contributed by atoms with Crippen LogP contribution in [0.15, 0.2) is 40.7 Å². The number of carbonyl (C=O) groups excluding carboxylic acids is 1. The van der Waals surface area contributed by atoms with Crippen molar-refractivity contribution in [2.45, 2.75) is 29.9 Å². The summed E-state index contributed by atoms with van der Waals surface area (Å²) in [5, 5.41) is 10.2. The van der Waals surface area contributed by atoms with Gasteiger partial charge in [0.15, 0.2) is 0 Å². The number of hydrogen-bond acceptors (Lipinski definition) is 9. The standard InChI is InChI=1S/C27H33ClN6O5S2/c1-31(10-2-3-25(36)37)27-29-9-6-23(30-27)32-11-7-19(8-12-32)17-33-13-14-34(18-24(33)35)41(38,39)26-15-20-4-5-21(28)16-22(20)40-26/h4-6,9,15-16,19H,2-3,7-8,10-14,17-18H2,1H3,(H,36,37). The largest absolute Gasteiger partial charge is 0.481 e. The Morgan fingerprint density at radius 1 is 1.17 bits per heavy atom. The average Bonchev–Trinajstić information content (AvgIpc) is 3.38. The van der Waals surface area contributed by atoms with E-state index in [9.17, 15) is 18.0 Å². The summed E-state index contributed by atoms with van der Waals surface area (Å²) in [6.45, 7) is 3.25. The lowest BCUT2D eigenvalue weighted by molar-refractivity contribution is -0.137. The monoisotopic (exact) mass is 620 g/mol. The van der Waals surface area contributed by atoms with Crippen molar-refractivity contribution < 1.29 is 23.1 Å². The van der Waals surface area contributed by atoms with Gasteiger partial charge in [0.1, 0.15) is 10.0 Å². The van der Waals surface area contributed by atoms with E-state index >= 15 is 0 Å². The van der Waals surface area contributed by atoms with Crippen molar-refractivity contribution in [2.75, 3.05) is 62.7 Å². The summed E-state index contributed by atoms with van der Waals surface area (Å²) in [6.07, 6.45) is 4.13. The Bertz CT molecular complexity index is 1530. The molecule has 220 valence electrons. The Morgan fingerprint density at radius 3 is 2.68 bits per heavy atom. The highest BCUT2D eigenvalue weighted by molar-refractivity contribution is 7.91. The Balaban J connectivity index is 1.12. The minimum Gasteiger partial charge on any atom is -0.481 e. The van der Waals surface area contributed by atoms with Gasteiger partial charge in [0.05, 0.1) is 6.54 Å². The number of rotatable bonds is 10. The summed E-state index contributed by atoms with van der Waals surface area (Å²) >= 11 is 7.23. The smallest absolute Gasteiger partial charge is 0.303 e. The molecule has 1 N–H and O–H groups in total. The lowest BCUT2D eigenvalue weighted by atomic mass is 9.96. The van der Waals surface area contributed by atoms with E-state index in [4.69, 9.17) is 16.7 Å². The fourth-order valence-electron chi connectivity index (χ4n) is 5.24. The Morgan fingerprint density at radius 2 is 1.95 bits per heavy atom. The number of piperazine rings is 1. The number of anilines is 2. The molecule has 11 nitrogen and oxygen atoms in total. The quantitative estimate of drug-likeness (QED) is 0.363. The first-order chi connectivity index (χ1) is 19.6. The van der Waals surface area contributed by atoms with E-state index in [-0.39, 0.29) is 29.6 Å². The number of carboxylic acid groups (broad SMARTS) is 1. The Kier molecular flexibility index (Phi) is 8.97. The summed E-state index contributed by atoms with van der Waals surface area (Å²) in [4.78, 5) is 38.7. The number of carboxylic acids is 1. The second-order valence-electron chi connectivity index (χ2n) is 10.5. The topological polar surface area (TPSA) is 127 Å². The predicted octanol–water partition coefficient (Wildman–Crippen LogP) is 3.40. The number of carbonyl (C=O) groups is 2. The van der Waals surface area contributed by atoms with Crippen molar-refractivity contribution in [1.82, 2.24) is 19.2 Å². The Hall–Kier alpha value is -3.00. The average molecular weight is 621 g/mol. The molecule has 0 atom stereocenters. The molecule has 2 aliphatic heterocycles. The number of hydrogen-bond donors (Lipinski definition) is 1. The van der Waals surface area contributed by atoms with Gasteiger partial charge in [-0.1, -0.05) is 17.7 Å². The van der Waals surface area contributed by atoms with Crippen LogP contribution in [0.4, 0.5) is 11.8 Å². The highest BCUT2D eigenvalue weighted by Crippen LogP contribution is 2.33. The third-order valence-electron chi connectivity index (χ3n) is 7.61. The molecular formula is C27H33ClN6O5S2. The molecule has 0 unspecified atom stereocenters. The summed E-state index contributed by atoms with van der Waals surface area (Å²) in [5.74, 6) is 0.733. The van der Waals surface area contributed by atoms with Crippen LogP contribution in [0.2, 0.25) is 5.02 Å². The van der Waals surface area contributed by atoms with Crippen LogP contribution in [-0.2, 0) is 19.6 Å². The van der Waals surface area contributed by atoms with Crippen LogP contribution >= 0.6 is 22.9 Å². The predicted molar refractivity (Wildman–Crippen MR) is 159 cm³/mol. The van der Waals surface area contributed by atoms with Crippen LogP contribution in [0.3, 0.4) is 0 Å². The molecule has 5 rings (SSSR count). The highest BCUT2D eigenvalue weighted by Gasteiger charge is 2.35. The van der Waals surface area contributed by atoms with Gasteiger partial charge in [0, 0.05) is 68.7 Å². The normalized spacial score (nSPS) is 17.4. The molecule has 2 aliphatic rings. The van der Waals surface area contributed by atoms with Gasteiger partial charge in [-0.3, -0.25) is 9.59 Å². The Labute approximate surface area is 248 Å². The molecule has 2 saturated heterocycles. The van der Waals surface area contributed by atoms with Gasteiger partial charge < -0.3 is 19.8 Å². The van der Waals surface area contributed by atoms with Crippen LogP contribution in [0.1, 0.15) is 25.7 Å². The molecule has 0 aliphatic carbocycles. The van der Waals surface area contributed by atoms with Crippen LogP contribution < -0.4 is 9.80 Å². The fraction of sp³-hybridized carbons (Fsp3) is 0.481. The number of halogens is 1. The van der Waals surface area contributed by atoms with E-state index in [1.807, 2.05) is 18.0 Å². The molecule has 3 aromatic rings. The van der Waals surface area contributed by atoms with Crippen LogP contribution in [0, 0.1) is 5.92 Å². The summed E-state index contributed by atoms with van der Waals surface area (Å²) < 4.78 is 28.9. The number of aromatic nitrogens is 2. The zero-order valence-corrected chi connectivity index (χ0v) is 25.2. The summed E-state index contributed by atoms with van der Waals surface area (Å²) in [6, 6.07) is 8.81. The summed E-state index contributed by atoms with van der Waals surface area (Å²) in [5.41, 5.74) is 0. The van der Waals surface area contributed by atoms with Crippen molar-refractivity contribution in [3.8, 4) is 0 Å². The van der Waals surface area contributed by atoms with Gasteiger partial charge in [-0.25, -0.2) is 13.4 Å². The maximum Gasteiger partial charge on any atom is 0.303 e. The molecule has 2 fully saturated rings. The number of nitrogens with zero attached hydrogens (tertiary/aromatic N) is 6. The summed E-state index contributed by atoms with van der Waals surface area (Å²) in [7, 11) is -1.92. The molecule has 0 saturated carbocycles. The number of thiophene rings is 1. The van der Waals surface area contributed by atoms with E-state index in [0.717, 1.165) is 41.8 Å². The van der Waals surface area contributed by atoms with Gasteiger partial charge >= 0.3 is 5.97 Å². The third kappa shape index (κ3) is 6.91. The van der Waals surface area contributed by atoms with Gasteiger partial charge in [0.25, 0.3) is 10.0 Å². The van der Waals surface area contributed by atoms with E-state index in [1.54, 1.807) is 35.4 Å². The van der Waals surface area contributed by atoms with Crippen molar-refractivity contribution in [2.24, 2.45) is 5.92 Å². The molecule has 41 heavy (non-hydrogen) atoms. The molecule has 4 heterocycles. The van der Waals surface area contributed by atoms with E-state index in [2.05, 4.69) is 14.9 Å². The van der Waals surface area contributed by atoms with E-state index < -0.39 is 16.0 Å². The lowest BCUT2D eigenvalue weighted by Crippen LogP contribution is -2.53. The van der Waals surface area contributed by atoms with Gasteiger partial charge in [-0.15, -0.1) is 11.3 Å². The molecule has 0 radical (unpaired) electrons. The van der Waals surface area contributed by atoms with Crippen molar-refractivity contribution in [1.29, 1.82) is 0 Å². The van der Waals surface area contributed by atoms with E-state index in [0.29, 0.717) is 42.9 Å². The highest BCUT2D eigenvalue weighted by atomic mass is 35.5. The van der Waals surface area contributed by atoms with Gasteiger partial charge in [-0.2, -0.15) is 9.29 Å². The third-order valence-corrected chi connectivity index (χ3v) is 11.2. The fourth-order valence-corrected chi connectivity index (χ4v) is 8.45. The number of benzene rings is 1. The molecule has 1 aromatic carbocycles. The van der Waals surface area contributed by atoms with Crippen molar-refractivity contribution >= 4 is 66.7 Å². The first-order valence-electron chi connectivity index (χ1n) is 13.6. The van der Waals surface area contributed by atoms with Crippen LogP contribution in [0.5, 0.6) is 0 Å². The first-order valence-corrected chi connectivity index (χ1v) is 16.2. The number of aliphatic carboxylic acids is 1. The maximum absolute atomic E-state index is 13.3. The molecular weight excluding hydrogens is 588 g/mol. The zero-order valence-electron chi connectivity index (χ0n) is 22.8.